The van der Waals surface area contributed by atoms with Crippen LogP contribution in [0.1, 0.15) is 33.6 Å². The Morgan fingerprint density at radius 1 is 1.12 bits per heavy atom. The third-order valence-corrected chi connectivity index (χ3v) is 5.50. The number of Topliss-reactive ketones (excluding diaryl/α,β-unsaturated/α-hetero) is 1. The molecule has 1 atom stereocenters. The largest absolute Gasteiger partial charge is 0.333 e. The SMILES string of the molecule is C=C(C)C(=O)C(C)(C)C(NC(=O)C(=C)CCCS(=O)(=O)O)S(=O)(=O)O. The molecule has 0 saturated carbocycles. The molecule has 0 aromatic heterocycles. The molecule has 0 bridgehead atoms. The number of carbonyl (C=O) groups is 2. The summed E-state index contributed by atoms with van der Waals surface area (Å²) in [5.41, 5.74) is -1.83. The van der Waals surface area contributed by atoms with Crippen molar-refractivity contribution >= 4 is 31.9 Å². The number of hydrogen-bond acceptors (Lipinski definition) is 6. The van der Waals surface area contributed by atoms with Crippen LogP contribution in [0.2, 0.25) is 0 Å². The quantitative estimate of drug-likeness (QED) is 0.359. The van der Waals surface area contributed by atoms with Crippen LogP contribution in [0.3, 0.4) is 0 Å². The Morgan fingerprint density at radius 2 is 1.60 bits per heavy atom. The van der Waals surface area contributed by atoms with Gasteiger partial charge in [0.1, 0.15) is 0 Å². The van der Waals surface area contributed by atoms with Gasteiger partial charge in [-0.1, -0.05) is 13.2 Å². The lowest BCUT2D eigenvalue weighted by Crippen LogP contribution is -2.53. The van der Waals surface area contributed by atoms with Gasteiger partial charge in [0.25, 0.3) is 20.2 Å². The van der Waals surface area contributed by atoms with Gasteiger partial charge < -0.3 is 5.32 Å². The van der Waals surface area contributed by atoms with Crippen molar-refractivity contribution in [2.24, 2.45) is 5.41 Å². The van der Waals surface area contributed by atoms with E-state index in [0.29, 0.717) is 0 Å². The molecule has 1 unspecified atom stereocenters. The highest BCUT2D eigenvalue weighted by Gasteiger charge is 2.45. The van der Waals surface area contributed by atoms with Gasteiger partial charge in [-0.3, -0.25) is 18.7 Å². The molecule has 1 amide bonds. The molecule has 0 spiro atoms. The molecule has 0 aliphatic carbocycles. The van der Waals surface area contributed by atoms with Crippen LogP contribution >= 0.6 is 0 Å². The molecule has 144 valence electrons. The van der Waals surface area contributed by atoms with Crippen LogP contribution in [-0.4, -0.2) is 48.8 Å². The normalized spacial score (nSPS) is 13.8. The standard InChI is InChI=1S/C14H23NO8S2/c1-9(2)11(16)14(4,5)13(25(21,22)23)15-12(17)10(3)7-6-8-24(18,19)20/h13H,1,3,6-8H2,2,4-5H3,(H,15,17)(H,18,19,20)(H,21,22,23). The Hall–Kier alpha value is -1.56. The fourth-order valence-corrected chi connectivity index (χ4v) is 3.72. The number of ketones is 1. The predicted molar refractivity (Wildman–Crippen MR) is 91.9 cm³/mol. The van der Waals surface area contributed by atoms with E-state index < -0.39 is 48.5 Å². The molecule has 0 aromatic carbocycles. The van der Waals surface area contributed by atoms with Gasteiger partial charge in [-0.05, 0) is 39.2 Å². The van der Waals surface area contributed by atoms with E-state index in [9.17, 15) is 31.0 Å². The summed E-state index contributed by atoms with van der Waals surface area (Å²) < 4.78 is 62.5. The average molecular weight is 397 g/mol. The predicted octanol–water partition coefficient (Wildman–Crippen LogP) is 0.712. The van der Waals surface area contributed by atoms with Crippen LogP contribution in [0.15, 0.2) is 24.3 Å². The number of rotatable bonds is 10. The molecule has 0 saturated heterocycles. The minimum atomic E-state index is -4.84. The zero-order valence-electron chi connectivity index (χ0n) is 14.3. The lowest BCUT2D eigenvalue weighted by atomic mass is 9.84. The Kier molecular flexibility index (Phi) is 7.70. The van der Waals surface area contributed by atoms with Crippen molar-refractivity contribution < 1.29 is 35.5 Å². The summed E-state index contributed by atoms with van der Waals surface area (Å²) in [6.45, 7) is 10.6. The monoisotopic (exact) mass is 397 g/mol. The van der Waals surface area contributed by atoms with Crippen molar-refractivity contribution in [2.45, 2.75) is 39.0 Å². The Balaban J connectivity index is 5.30. The second kappa shape index (κ2) is 8.21. The minimum Gasteiger partial charge on any atom is -0.333 e. The van der Waals surface area contributed by atoms with E-state index in [1.165, 1.54) is 20.8 Å². The van der Waals surface area contributed by atoms with Crippen molar-refractivity contribution in [3.63, 3.8) is 0 Å². The average Bonchev–Trinajstić information content (AvgIpc) is 2.40. The van der Waals surface area contributed by atoms with Gasteiger partial charge in [-0.15, -0.1) is 0 Å². The van der Waals surface area contributed by atoms with Crippen LogP contribution in [0.4, 0.5) is 0 Å². The first-order valence-electron chi connectivity index (χ1n) is 7.10. The summed E-state index contributed by atoms with van der Waals surface area (Å²) in [4.78, 5) is 24.2. The summed E-state index contributed by atoms with van der Waals surface area (Å²) in [5, 5.41) is 0.0811. The van der Waals surface area contributed by atoms with Gasteiger partial charge in [-0.25, -0.2) is 0 Å². The smallest absolute Gasteiger partial charge is 0.287 e. The van der Waals surface area contributed by atoms with Crippen molar-refractivity contribution in [3.8, 4) is 0 Å². The summed E-state index contributed by atoms with van der Waals surface area (Å²) in [6, 6.07) is 0. The second-order valence-electron chi connectivity index (χ2n) is 6.19. The molecular weight excluding hydrogens is 374 g/mol. The van der Waals surface area contributed by atoms with Crippen LogP contribution in [0, 0.1) is 5.41 Å². The summed E-state index contributed by atoms with van der Waals surface area (Å²) >= 11 is 0. The molecular formula is C14H23NO8S2. The second-order valence-corrected chi connectivity index (χ2v) is 9.27. The highest BCUT2D eigenvalue weighted by atomic mass is 32.2. The molecule has 3 N–H and O–H groups in total. The molecule has 25 heavy (non-hydrogen) atoms. The van der Waals surface area contributed by atoms with Gasteiger partial charge in [0, 0.05) is 5.57 Å². The van der Waals surface area contributed by atoms with Gasteiger partial charge in [0.15, 0.2) is 11.2 Å². The van der Waals surface area contributed by atoms with E-state index in [1.54, 1.807) is 0 Å². The topological polar surface area (TPSA) is 155 Å². The number of allylic oxidation sites excluding steroid dienone is 1. The Labute approximate surface area is 147 Å². The van der Waals surface area contributed by atoms with Crippen molar-refractivity contribution in [1.82, 2.24) is 5.32 Å². The third kappa shape index (κ3) is 7.46. The fraction of sp³-hybridized carbons (Fsp3) is 0.571. The van der Waals surface area contributed by atoms with E-state index in [0.717, 1.165) is 0 Å². The molecule has 0 radical (unpaired) electrons. The Bertz CT molecular complexity index is 778. The molecule has 11 heteroatoms. The maximum atomic E-state index is 12.1. The van der Waals surface area contributed by atoms with Crippen LogP contribution < -0.4 is 5.32 Å². The zero-order valence-corrected chi connectivity index (χ0v) is 15.9. The number of nitrogens with one attached hydrogen (secondary N) is 1. The highest BCUT2D eigenvalue weighted by molar-refractivity contribution is 7.86. The van der Waals surface area contributed by atoms with Crippen molar-refractivity contribution in [1.29, 1.82) is 0 Å². The molecule has 0 aromatic rings. The minimum absolute atomic E-state index is 0.0416. The number of hydrogen-bond donors (Lipinski definition) is 3. The first-order valence-corrected chi connectivity index (χ1v) is 10.2. The zero-order chi connectivity index (χ0) is 20.2. The first kappa shape index (κ1) is 23.4. The van der Waals surface area contributed by atoms with Crippen molar-refractivity contribution in [2.75, 3.05) is 5.75 Å². The van der Waals surface area contributed by atoms with E-state index in [-0.39, 0.29) is 24.0 Å². The lowest BCUT2D eigenvalue weighted by molar-refractivity contribution is -0.125. The van der Waals surface area contributed by atoms with E-state index >= 15 is 0 Å². The maximum Gasteiger partial charge on any atom is 0.287 e. The highest BCUT2D eigenvalue weighted by Crippen LogP contribution is 2.28. The first-order chi connectivity index (χ1) is 11.0. The van der Waals surface area contributed by atoms with E-state index in [4.69, 9.17) is 4.55 Å². The number of carbonyl (C=O) groups excluding carboxylic acids is 2. The summed E-state index contributed by atoms with van der Waals surface area (Å²) in [6.07, 6.45) is -0.256. The summed E-state index contributed by atoms with van der Waals surface area (Å²) in [5.74, 6) is -2.24. The van der Waals surface area contributed by atoms with E-state index in [2.05, 4.69) is 13.2 Å². The summed E-state index contributed by atoms with van der Waals surface area (Å²) in [7, 11) is -9.04. The van der Waals surface area contributed by atoms with Gasteiger partial charge in [0.05, 0.1) is 11.2 Å². The molecule has 0 fully saturated rings. The molecule has 0 aliphatic heterocycles. The molecule has 0 heterocycles. The van der Waals surface area contributed by atoms with Crippen molar-refractivity contribution in [3.05, 3.63) is 24.3 Å². The van der Waals surface area contributed by atoms with Crippen LogP contribution in [0.5, 0.6) is 0 Å². The molecule has 9 nitrogen and oxygen atoms in total. The maximum absolute atomic E-state index is 12.1. The Morgan fingerprint density at radius 3 is 1.96 bits per heavy atom. The third-order valence-electron chi connectivity index (χ3n) is 3.39. The van der Waals surface area contributed by atoms with Gasteiger partial charge in [-0.2, -0.15) is 16.8 Å². The van der Waals surface area contributed by atoms with Crippen LogP contribution in [0.25, 0.3) is 0 Å². The number of amides is 1. The van der Waals surface area contributed by atoms with Gasteiger partial charge >= 0.3 is 0 Å². The fourth-order valence-electron chi connectivity index (χ4n) is 2.10. The van der Waals surface area contributed by atoms with E-state index in [1.807, 2.05) is 5.32 Å². The molecule has 0 aliphatic rings. The van der Waals surface area contributed by atoms with Gasteiger partial charge in [0.2, 0.25) is 5.91 Å². The van der Waals surface area contributed by atoms with Crippen LogP contribution in [-0.2, 0) is 29.8 Å². The molecule has 0 rings (SSSR count). The lowest BCUT2D eigenvalue weighted by Gasteiger charge is -2.31.